The smallest absolute Gasteiger partial charge is 0.270 e. The summed E-state index contributed by atoms with van der Waals surface area (Å²) in [5, 5.41) is 24.3. The minimum atomic E-state index is -4.40. The molecular weight excluding hydrogens is 630 g/mol. The monoisotopic (exact) mass is 669 g/mol. The summed E-state index contributed by atoms with van der Waals surface area (Å²) in [6.07, 6.45) is 1.13. The van der Waals surface area contributed by atoms with Crippen molar-refractivity contribution in [2.24, 2.45) is 5.73 Å². The van der Waals surface area contributed by atoms with Crippen molar-refractivity contribution in [2.45, 2.75) is 74.5 Å². The zero-order valence-electron chi connectivity index (χ0n) is 26.4. The molecule has 4 N–H and O–H groups in total. The number of nitrogens with two attached hydrogens (primary N) is 1. The topological polar surface area (TPSA) is 135 Å². The van der Waals surface area contributed by atoms with E-state index in [4.69, 9.17) is 19.4 Å². The van der Waals surface area contributed by atoms with Crippen molar-refractivity contribution in [1.82, 2.24) is 0 Å². The van der Waals surface area contributed by atoms with Crippen molar-refractivity contribution < 1.29 is 32.3 Å². The number of fused-ring (bicyclic) bond motifs is 4. The number of nitrogens with zero attached hydrogens (tertiary/aromatic N) is 2. The quantitative estimate of drug-likeness (QED) is 0.206. The van der Waals surface area contributed by atoms with Gasteiger partial charge in [0.15, 0.2) is 23.0 Å². The zero-order chi connectivity index (χ0) is 33.0. The molecule has 4 aromatic rings. The minimum Gasteiger partial charge on any atom is -0.453 e. The summed E-state index contributed by atoms with van der Waals surface area (Å²) in [4.78, 5) is 4.01. The largest absolute Gasteiger partial charge is 0.453 e. The molecule has 10 nitrogen and oxygen atoms in total. The summed E-state index contributed by atoms with van der Waals surface area (Å²) in [5.74, 6) is 1.82. The van der Waals surface area contributed by atoms with Crippen LogP contribution in [0.4, 0.5) is 22.7 Å². The van der Waals surface area contributed by atoms with Crippen LogP contribution < -0.4 is 25.0 Å². The molecule has 6 unspecified atom stereocenters. The van der Waals surface area contributed by atoms with Crippen LogP contribution in [-0.4, -0.2) is 60.3 Å². The molecule has 11 heteroatoms. The van der Waals surface area contributed by atoms with Gasteiger partial charge in [0.25, 0.3) is 10.1 Å². The highest BCUT2D eigenvalue weighted by molar-refractivity contribution is 7.86. The normalized spacial score (nSPS) is 27.9. The molecule has 0 spiro atoms. The van der Waals surface area contributed by atoms with Gasteiger partial charge in [0.2, 0.25) is 0 Å². The van der Waals surface area contributed by atoms with Gasteiger partial charge in [-0.3, -0.25) is 4.18 Å². The second kappa shape index (κ2) is 12.1. The van der Waals surface area contributed by atoms with Gasteiger partial charge >= 0.3 is 0 Å². The molecule has 2 aliphatic carbocycles. The van der Waals surface area contributed by atoms with E-state index in [0.717, 1.165) is 22.7 Å². The summed E-state index contributed by atoms with van der Waals surface area (Å²) in [7, 11) is -4.40. The standard InChI is InChI=1S/C37H39N3O7S/c38-34-21-10-22-35(40-26-13-3-7-18-31(26)46-32-19-8-4-14-27(32)40)37(34,42)23-48(43,44)47-33-20-9-15-28(36(33)41)39-24-11-1-5-16-29(24)45-30-17-6-2-12-25(30)39/h1-8,11-14,16-19,28,33-36,41-42H,9-10,15,20-23,38H2. The van der Waals surface area contributed by atoms with Crippen LogP contribution >= 0.6 is 0 Å². The molecule has 4 aliphatic rings. The van der Waals surface area contributed by atoms with Crippen molar-refractivity contribution in [3.05, 3.63) is 97.1 Å². The van der Waals surface area contributed by atoms with Gasteiger partial charge in [-0.15, -0.1) is 0 Å². The summed E-state index contributed by atoms with van der Waals surface area (Å²) < 4.78 is 46.3. The molecule has 2 fully saturated rings. The Labute approximate surface area is 280 Å². The molecule has 0 saturated heterocycles. The third-order valence-electron chi connectivity index (χ3n) is 10.2. The Kier molecular flexibility index (Phi) is 7.84. The maximum Gasteiger partial charge on any atom is 0.270 e. The lowest BCUT2D eigenvalue weighted by molar-refractivity contribution is -0.0219. The van der Waals surface area contributed by atoms with Crippen molar-refractivity contribution in [3.8, 4) is 23.0 Å². The van der Waals surface area contributed by atoms with Crippen LogP contribution in [0.5, 0.6) is 23.0 Å². The minimum absolute atomic E-state index is 0.350. The molecule has 2 saturated carbocycles. The van der Waals surface area contributed by atoms with E-state index in [9.17, 15) is 18.6 Å². The Bertz CT molecular complexity index is 1850. The van der Waals surface area contributed by atoms with Crippen molar-refractivity contribution >= 4 is 32.9 Å². The highest BCUT2D eigenvalue weighted by atomic mass is 32.2. The van der Waals surface area contributed by atoms with E-state index in [-0.39, 0.29) is 0 Å². The number of benzene rings is 4. The Morgan fingerprint density at radius 2 is 1.17 bits per heavy atom. The lowest BCUT2D eigenvalue weighted by atomic mass is 9.76. The predicted molar refractivity (Wildman–Crippen MR) is 183 cm³/mol. The van der Waals surface area contributed by atoms with Gasteiger partial charge in [-0.1, -0.05) is 48.5 Å². The van der Waals surface area contributed by atoms with Crippen molar-refractivity contribution in [3.63, 3.8) is 0 Å². The number of hydrogen-bond acceptors (Lipinski definition) is 10. The summed E-state index contributed by atoms with van der Waals surface area (Å²) in [6, 6.07) is 28.3. The average Bonchev–Trinajstić information content (AvgIpc) is 3.08. The first kappa shape index (κ1) is 31.2. The van der Waals surface area contributed by atoms with E-state index in [2.05, 4.69) is 0 Å². The first-order chi connectivity index (χ1) is 23.2. The number of anilines is 4. The summed E-state index contributed by atoms with van der Waals surface area (Å²) in [5.41, 5.74) is 7.80. The van der Waals surface area contributed by atoms with Gasteiger partial charge < -0.3 is 35.2 Å². The molecule has 0 bridgehead atoms. The molecule has 250 valence electrons. The Hall–Kier alpha value is -4.13. The van der Waals surface area contributed by atoms with E-state index < -0.39 is 51.8 Å². The van der Waals surface area contributed by atoms with Crippen molar-refractivity contribution in [1.29, 1.82) is 0 Å². The van der Waals surface area contributed by atoms with E-state index in [1.165, 1.54) is 0 Å². The maximum atomic E-state index is 14.0. The van der Waals surface area contributed by atoms with Gasteiger partial charge in [-0.05, 0) is 87.1 Å². The predicted octanol–water partition coefficient (Wildman–Crippen LogP) is 6.11. The van der Waals surface area contributed by atoms with E-state index in [1.807, 2.05) is 107 Å². The number of rotatable bonds is 6. The number of ether oxygens (including phenoxy) is 2. The van der Waals surface area contributed by atoms with Gasteiger partial charge in [-0.25, -0.2) is 0 Å². The van der Waals surface area contributed by atoms with Gasteiger partial charge in [0, 0.05) is 6.04 Å². The number of hydrogen-bond donors (Lipinski definition) is 3. The molecule has 2 heterocycles. The van der Waals surface area contributed by atoms with Crippen LogP contribution in [0.1, 0.15) is 38.5 Å². The van der Waals surface area contributed by atoms with Crippen LogP contribution in [0.15, 0.2) is 97.1 Å². The van der Waals surface area contributed by atoms with Crippen LogP contribution in [0.3, 0.4) is 0 Å². The lowest BCUT2D eigenvalue weighted by Crippen LogP contribution is -2.66. The lowest BCUT2D eigenvalue weighted by Gasteiger charge is -2.50. The van der Waals surface area contributed by atoms with Crippen molar-refractivity contribution in [2.75, 3.05) is 15.6 Å². The van der Waals surface area contributed by atoms with Gasteiger partial charge in [-0.2, -0.15) is 8.42 Å². The first-order valence-electron chi connectivity index (χ1n) is 16.6. The molecular formula is C37H39N3O7S. The molecule has 6 atom stereocenters. The maximum absolute atomic E-state index is 14.0. The van der Waals surface area contributed by atoms with Gasteiger partial charge in [0.05, 0.1) is 34.8 Å². The van der Waals surface area contributed by atoms with Crippen LogP contribution in [0.2, 0.25) is 0 Å². The number of aliphatic hydroxyl groups is 2. The molecule has 4 aromatic carbocycles. The highest BCUT2D eigenvalue weighted by Gasteiger charge is 2.53. The fourth-order valence-electron chi connectivity index (χ4n) is 8.00. The van der Waals surface area contributed by atoms with Crippen LogP contribution in [0, 0.1) is 0 Å². The third kappa shape index (κ3) is 5.30. The molecule has 0 amide bonds. The van der Waals surface area contributed by atoms with Crippen LogP contribution in [-0.2, 0) is 14.3 Å². The fourth-order valence-corrected chi connectivity index (χ4v) is 9.63. The first-order valence-corrected chi connectivity index (χ1v) is 18.2. The van der Waals surface area contributed by atoms with E-state index in [0.29, 0.717) is 61.5 Å². The fraction of sp³-hybridized carbons (Fsp3) is 0.351. The SMILES string of the molecule is NC1CCCC(N2c3ccccc3Oc3ccccc32)C1(O)CS(=O)(=O)OC1CCCC(N2c3ccccc3Oc3ccccc32)C1O. The summed E-state index contributed by atoms with van der Waals surface area (Å²) in [6.45, 7) is 0. The third-order valence-corrected chi connectivity index (χ3v) is 11.6. The average molecular weight is 670 g/mol. The second-order valence-electron chi connectivity index (χ2n) is 13.2. The van der Waals surface area contributed by atoms with Gasteiger partial charge in [0.1, 0.15) is 23.6 Å². The molecule has 0 radical (unpaired) electrons. The Balaban J connectivity index is 1.09. The number of para-hydroxylation sites is 8. The Morgan fingerprint density at radius 3 is 1.69 bits per heavy atom. The zero-order valence-corrected chi connectivity index (χ0v) is 27.2. The summed E-state index contributed by atoms with van der Waals surface area (Å²) >= 11 is 0. The molecule has 48 heavy (non-hydrogen) atoms. The van der Waals surface area contributed by atoms with E-state index >= 15 is 0 Å². The molecule has 8 rings (SSSR count). The van der Waals surface area contributed by atoms with Crippen LogP contribution in [0.25, 0.3) is 0 Å². The Morgan fingerprint density at radius 1 is 0.708 bits per heavy atom. The second-order valence-corrected chi connectivity index (χ2v) is 14.8. The van der Waals surface area contributed by atoms with E-state index in [1.54, 1.807) is 0 Å². The molecule has 2 aliphatic heterocycles. The molecule has 0 aromatic heterocycles. The number of aliphatic hydroxyl groups excluding tert-OH is 1. The highest BCUT2D eigenvalue weighted by Crippen LogP contribution is 2.52.